The fraction of sp³-hybridized carbons (Fsp3) is 0.571. The molecule has 9 heteroatoms. The van der Waals surface area contributed by atoms with Crippen LogP contribution >= 0.6 is 0 Å². The molecule has 1 aromatic heterocycles. The molecule has 0 amide bonds. The quantitative estimate of drug-likeness (QED) is 0.841. The molecule has 0 atom stereocenters. The fourth-order valence-corrected chi connectivity index (χ4v) is 1.02. The summed E-state index contributed by atoms with van der Waals surface area (Å²) in [5.74, 6) is -1.28. The Hall–Kier alpha value is -1.64. The number of halogens is 3. The van der Waals surface area contributed by atoms with E-state index in [2.05, 4.69) is 15.0 Å². The number of aromatic nitrogens is 3. The number of hydrogen-bond acceptors (Lipinski definition) is 4. The fourth-order valence-electron chi connectivity index (χ4n) is 1.02. The van der Waals surface area contributed by atoms with E-state index in [1.807, 2.05) is 0 Å². The largest absolute Gasteiger partial charge is 0.522 e. The summed E-state index contributed by atoms with van der Waals surface area (Å²) in [6.07, 6.45) is -4.70. The standard InChI is InChI=1S/C7H8F3N3O3/c1-4-5(6(14)15)11-12-13(4)2-3-16-7(8,9)10/h2-3H2,1H3,(H,14,15). The number of nitrogens with zero attached hydrogens (tertiary/aromatic N) is 3. The molecular formula is C7H8F3N3O3. The van der Waals surface area contributed by atoms with Crippen LogP contribution in [0.1, 0.15) is 16.2 Å². The SMILES string of the molecule is Cc1c(C(=O)O)nnn1CCOC(F)(F)F. The second-order valence-corrected chi connectivity index (χ2v) is 2.85. The Morgan fingerprint density at radius 3 is 2.62 bits per heavy atom. The van der Waals surface area contributed by atoms with Gasteiger partial charge in [0.1, 0.15) is 0 Å². The van der Waals surface area contributed by atoms with Gasteiger partial charge in [-0.3, -0.25) is 4.74 Å². The molecule has 0 spiro atoms. The van der Waals surface area contributed by atoms with Gasteiger partial charge in [0.15, 0.2) is 5.69 Å². The monoisotopic (exact) mass is 239 g/mol. The van der Waals surface area contributed by atoms with Gasteiger partial charge in [0.2, 0.25) is 0 Å². The van der Waals surface area contributed by atoms with Gasteiger partial charge in [-0.15, -0.1) is 18.3 Å². The lowest BCUT2D eigenvalue weighted by molar-refractivity contribution is -0.325. The van der Waals surface area contributed by atoms with Crippen LogP contribution < -0.4 is 0 Å². The highest BCUT2D eigenvalue weighted by Gasteiger charge is 2.28. The normalized spacial score (nSPS) is 11.8. The van der Waals surface area contributed by atoms with Crippen LogP contribution in [-0.4, -0.2) is 39.0 Å². The van der Waals surface area contributed by atoms with E-state index in [4.69, 9.17) is 5.11 Å². The van der Waals surface area contributed by atoms with E-state index in [0.29, 0.717) is 0 Å². The van der Waals surface area contributed by atoms with Gasteiger partial charge >= 0.3 is 12.3 Å². The van der Waals surface area contributed by atoms with Crippen molar-refractivity contribution in [2.45, 2.75) is 19.8 Å². The Bertz CT molecular complexity index is 388. The summed E-state index contributed by atoms with van der Waals surface area (Å²) in [5, 5.41) is 15.3. The predicted molar refractivity (Wildman–Crippen MR) is 43.7 cm³/mol. The predicted octanol–water partition coefficient (Wildman–Crippen LogP) is 0.821. The van der Waals surface area contributed by atoms with Crippen LogP contribution in [0.5, 0.6) is 0 Å². The van der Waals surface area contributed by atoms with Crippen LogP contribution in [-0.2, 0) is 11.3 Å². The summed E-state index contributed by atoms with van der Waals surface area (Å²) in [7, 11) is 0. The molecule has 0 aliphatic rings. The highest BCUT2D eigenvalue weighted by Crippen LogP contribution is 2.16. The van der Waals surface area contributed by atoms with Crippen molar-refractivity contribution in [1.29, 1.82) is 0 Å². The van der Waals surface area contributed by atoms with E-state index < -0.39 is 18.9 Å². The van der Waals surface area contributed by atoms with Gasteiger partial charge < -0.3 is 5.11 Å². The van der Waals surface area contributed by atoms with Crippen molar-refractivity contribution in [3.05, 3.63) is 11.4 Å². The second-order valence-electron chi connectivity index (χ2n) is 2.85. The van der Waals surface area contributed by atoms with Gasteiger partial charge in [0.05, 0.1) is 18.8 Å². The highest BCUT2D eigenvalue weighted by atomic mass is 19.4. The van der Waals surface area contributed by atoms with Crippen molar-refractivity contribution < 1.29 is 27.8 Å². The van der Waals surface area contributed by atoms with Crippen molar-refractivity contribution in [1.82, 2.24) is 15.0 Å². The summed E-state index contributed by atoms with van der Waals surface area (Å²) in [5.41, 5.74) is -0.106. The number of rotatable bonds is 4. The molecule has 90 valence electrons. The Balaban J connectivity index is 2.59. The number of alkyl halides is 3. The molecule has 16 heavy (non-hydrogen) atoms. The van der Waals surface area contributed by atoms with Crippen molar-refractivity contribution in [3.63, 3.8) is 0 Å². The summed E-state index contributed by atoms with van der Waals surface area (Å²) in [4.78, 5) is 10.5. The molecule has 1 aromatic rings. The molecule has 0 unspecified atom stereocenters. The number of carboxylic acid groups (broad SMARTS) is 1. The zero-order chi connectivity index (χ0) is 12.3. The van der Waals surface area contributed by atoms with Crippen molar-refractivity contribution >= 4 is 5.97 Å². The Labute approximate surface area is 87.6 Å². The topological polar surface area (TPSA) is 77.2 Å². The molecule has 0 aliphatic heterocycles. The lowest BCUT2D eigenvalue weighted by Crippen LogP contribution is -2.18. The number of carbonyl (C=O) groups is 1. The van der Waals surface area contributed by atoms with Gasteiger partial charge in [-0.2, -0.15) is 0 Å². The van der Waals surface area contributed by atoms with E-state index in [0.717, 1.165) is 4.68 Å². The Morgan fingerprint density at radius 2 is 2.19 bits per heavy atom. The maximum Gasteiger partial charge on any atom is 0.522 e. The first kappa shape index (κ1) is 12.4. The van der Waals surface area contributed by atoms with E-state index in [-0.39, 0.29) is 17.9 Å². The van der Waals surface area contributed by atoms with Gasteiger partial charge in [-0.1, -0.05) is 5.21 Å². The third-order valence-electron chi connectivity index (χ3n) is 1.75. The summed E-state index contributed by atoms with van der Waals surface area (Å²) in [6, 6.07) is 0. The maximum atomic E-state index is 11.6. The van der Waals surface area contributed by atoms with Crippen LogP contribution in [0.15, 0.2) is 0 Å². The minimum atomic E-state index is -4.70. The lowest BCUT2D eigenvalue weighted by atomic mass is 10.3. The molecule has 0 radical (unpaired) electrons. The van der Waals surface area contributed by atoms with Gasteiger partial charge in [-0.25, -0.2) is 9.48 Å². The molecule has 6 nitrogen and oxygen atoms in total. The van der Waals surface area contributed by atoms with Gasteiger partial charge in [0.25, 0.3) is 0 Å². The minimum absolute atomic E-state index is 0.179. The Kier molecular flexibility index (Phi) is 3.48. The first-order valence-electron chi connectivity index (χ1n) is 4.15. The average Bonchev–Trinajstić information content (AvgIpc) is 2.46. The number of ether oxygens (including phenoxy) is 1. The molecule has 0 bridgehead atoms. The van der Waals surface area contributed by atoms with Crippen molar-refractivity contribution in [3.8, 4) is 0 Å². The molecule has 1 heterocycles. The van der Waals surface area contributed by atoms with Crippen LogP contribution in [0.25, 0.3) is 0 Å². The van der Waals surface area contributed by atoms with Gasteiger partial charge in [0, 0.05) is 0 Å². The summed E-state index contributed by atoms with van der Waals surface area (Å²) >= 11 is 0. The third-order valence-corrected chi connectivity index (χ3v) is 1.75. The molecule has 1 rings (SSSR count). The summed E-state index contributed by atoms with van der Waals surface area (Å²) in [6.45, 7) is 0.537. The smallest absolute Gasteiger partial charge is 0.476 e. The van der Waals surface area contributed by atoms with E-state index in [9.17, 15) is 18.0 Å². The first-order chi connectivity index (χ1) is 7.31. The molecular weight excluding hydrogens is 231 g/mol. The first-order valence-corrected chi connectivity index (χ1v) is 4.15. The third kappa shape index (κ3) is 3.19. The minimum Gasteiger partial charge on any atom is -0.476 e. The van der Waals surface area contributed by atoms with Crippen LogP contribution in [0.2, 0.25) is 0 Å². The molecule has 0 saturated carbocycles. The molecule has 0 aliphatic carbocycles. The van der Waals surface area contributed by atoms with Crippen LogP contribution in [0, 0.1) is 6.92 Å². The maximum absolute atomic E-state index is 11.6. The molecule has 0 saturated heterocycles. The molecule has 0 aromatic carbocycles. The van der Waals surface area contributed by atoms with Crippen LogP contribution in [0.4, 0.5) is 13.2 Å². The molecule has 1 N–H and O–H groups in total. The van der Waals surface area contributed by atoms with Crippen molar-refractivity contribution in [2.24, 2.45) is 0 Å². The lowest BCUT2D eigenvalue weighted by Gasteiger charge is -2.07. The van der Waals surface area contributed by atoms with Crippen LogP contribution in [0.3, 0.4) is 0 Å². The second kappa shape index (κ2) is 4.47. The zero-order valence-electron chi connectivity index (χ0n) is 8.15. The van der Waals surface area contributed by atoms with E-state index in [1.165, 1.54) is 6.92 Å². The number of hydrogen-bond donors (Lipinski definition) is 1. The highest BCUT2D eigenvalue weighted by molar-refractivity contribution is 5.86. The summed E-state index contributed by atoms with van der Waals surface area (Å²) < 4.78 is 39.5. The molecule has 0 fully saturated rings. The van der Waals surface area contributed by atoms with Gasteiger partial charge in [-0.05, 0) is 6.92 Å². The van der Waals surface area contributed by atoms with Crippen molar-refractivity contribution in [2.75, 3.05) is 6.61 Å². The zero-order valence-corrected chi connectivity index (χ0v) is 8.15. The Morgan fingerprint density at radius 1 is 1.56 bits per heavy atom. The van der Waals surface area contributed by atoms with E-state index >= 15 is 0 Å². The average molecular weight is 239 g/mol. The van der Waals surface area contributed by atoms with E-state index in [1.54, 1.807) is 0 Å². The number of carboxylic acids is 1. The number of aromatic carboxylic acids is 1.